The van der Waals surface area contributed by atoms with Gasteiger partial charge in [-0.15, -0.1) is 0 Å². The molecule has 0 aromatic carbocycles. The second kappa shape index (κ2) is 8.52. The Morgan fingerprint density at radius 3 is 2.40 bits per heavy atom. The maximum Gasteiger partial charge on any atom is 0.321 e. The van der Waals surface area contributed by atoms with Crippen LogP contribution in [0.5, 0.6) is 0 Å². The Morgan fingerprint density at radius 2 is 1.80 bits per heavy atom. The van der Waals surface area contributed by atoms with Crippen LogP contribution in [0.15, 0.2) is 0 Å². The predicted molar refractivity (Wildman–Crippen MR) is 75.1 cm³/mol. The van der Waals surface area contributed by atoms with E-state index in [1.54, 1.807) is 6.92 Å². The van der Waals surface area contributed by atoms with E-state index < -0.39 is 18.0 Å². The molecule has 1 saturated carbocycles. The summed E-state index contributed by atoms with van der Waals surface area (Å²) in [5, 5.41) is 10.3. The van der Waals surface area contributed by atoms with Crippen LogP contribution in [0.2, 0.25) is 0 Å². The van der Waals surface area contributed by atoms with E-state index in [-0.39, 0.29) is 18.5 Å². The zero-order valence-corrected chi connectivity index (χ0v) is 12.1. The van der Waals surface area contributed by atoms with Gasteiger partial charge in [0, 0.05) is 13.1 Å². The van der Waals surface area contributed by atoms with Gasteiger partial charge in [0.05, 0.1) is 12.6 Å². The number of hydrogen-bond donors (Lipinski definition) is 4. The molecule has 1 aliphatic rings. The molecule has 0 bridgehead atoms. The molecule has 0 heterocycles. The van der Waals surface area contributed by atoms with Gasteiger partial charge in [0.2, 0.25) is 11.8 Å². The molecule has 0 aromatic heterocycles. The van der Waals surface area contributed by atoms with E-state index in [4.69, 9.17) is 0 Å². The Kier molecular flexibility index (Phi) is 7.00. The van der Waals surface area contributed by atoms with E-state index in [9.17, 15) is 14.4 Å². The number of carbonyl (C=O) groups is 3. The molecule has 7 heteroatoms. The van der Waals surface area contributed by atoms with Crippen LogP contribution in [0.3, 0.4) is 0 Å². The summed E-state index contributed by atoms with van der Waals surface area (Å²) in [5.74, 6) is -0.654. The van der Waals surface area contributed by atoms with Gasteiger partial charge in [-0.05, 0) is 19.8 Å². The number of carbonyl (C=O) groups excluding carboxylic acids is 3. The third-order valence-corrected chi connectivity index (χ3v) is 3.42. The number of nitrogens with one attached hydrogen (secondary N) is 4. The van der Waals surface area contributed by atoms with Crippen LogP contribution >= 0.6 is 0 Å². The summed E-state index contributed by atoms with van der Waals surface area (Å²) in [6.07, 6.45) is 5.36. The van der Waals surface area contributed by atoms with Gasteiger partial charge in [-0.1, -0.05) is 19.3 Å². The molecule has 4 N–H and O–H groups in total. The first-order valence-electron chi connectivity index (χ1n) is 7.08. The molecule has 1 atom stereocenters. The average molecular weight is 284 g/mol. The van der Waals surface area contributed by atoms with Crippen molar-refractivity contribution in [1.29, 1.82) is 0 Å². The van der Waals surface area contributed by atoms with Crippen LogP contribution in [0.1, 0.15) is 39.0 Å². The Bertz CT molecular complexity index is 354. The summed E-state index contributed by atoms with van der Waals surface area (Å²) >= 11 is 0. The van der Waals surface area contributed by atoms with E-state index >= 15 is 0 Å². The number of amides is 4. The lowest BCUT2D eigenvalue weighted by Gasteiger charge is -2.23. The monoisotopic (exact) mass is 284 g/mol. The van der Waals surface area contributed by atoms with Crippen molar-refractivity contribution in [2.45, 2.75) is 51.1 Å². The standard InChI is InChI=1S/C13H24N4O3/c1-9(15-8-11(18)14-2)12(19)17-13(20)16-10-6-4-3-5-7-10/h9-10,15H,3-8H2,1-2H3,(H,14,18)(H2,16,17,19,20)/t9-/m1/s1. The molecule has 114 valence electrons. The molecule has 4 amide bonds. The van der Waals surface area contributed by atoms with Crippen molar-refractivity contribution in [2.75, 3.05) is 13.6 Å². The van der Waals surface area contributed by atoms with Crippen molar-refractivity contribution in [3.05, 3.63) is 0 Å². The highest BCUT2D eigenvalue weighted by Crippen LogP contribution is 2.17. The smallest absolute Gasteiger partial charge is 0.321 e. The van der Waals surface area contributed by atoms with Crippen molar-refractivity contribution >= 4 is 17.8 Å². The van der Waals surface area contributed by atoms with Crippen molar-refractivity contribution in [2.24, 2.45) is 0 Å². The van der Waals surface area contributed by atoms with E-state index in [1.807, 2.05) is 0 Å². The molecule has 0 saturated heterocycles. The zero-order valence-electron chi connectivity index (χ0n) is 12.1. The summed E-state index contributed by atoms with van der Waals surface area (Å²) in [4.78, 5) is 34.4. The van der Waals surface area contributed by atoms with Crippen LogP contribution in [-0.2, 0) is 9.59 Å². The van der Waals surface area contributed by atoms with Gasteiger partial charge >= 0.3 is 6.03 Å². The maximum absolute atomic E-state index is 11.7. The first-order chi connectivity index (χ1) is 9.52. The quantitative estimate of drug-likeness (QED) is 0.565. The van der Waals surface area contributed by atoms with Crippen molar-refractivity contribution in [1.82, 2.24) is 21.3 Å². The summed E-state index contributed by atoms with van der Waals surface area (Å²) < 4.78 is 0. The summed E-state index contributed by atoms with van der Waals surface area (Å²) in [5.41, 5.74) is 0. The van der Waals surface area contributed by atoms with Gasteiger partial charge in [0.15, 0.2) is 0 Å². The van der Waals surface area contributed by atoms with Crippen molar-refractivity contribution in [3.8, 4) is 0 Å². The number of rotatable bonds is 5. The lowest BCUT2D eigenvalue weighted by Crippen LogP contribution is -2.51. The fraction of sp³-hybridized carbons (Fsp3) is 0.769. The minimum atomic E-state index is -0.607. The van der Waals surface area contributed by atoms with Gasteiger partial charge in [0.25, 0.3) is 0 Å². The second-order valence-electron chi connectivity index (χ2n) is 5.07. The van der Waals surface area contributed by atoms with Gasteiger partial charge in [-0.25, -0.2) is 4.79 Å². The molecule has 1 fully saturated rings. The lowest BCUT2D eigenvalue weighted by molar-refractivity contribution is -0.122. The Morgan fingerprint density at radius 1 is 1.15 bits per heavy atom. The maximum atomic E-state index is 11.7. The molecular formula is C13H24N4O3. The third kappa shape index (κ3) is 6.01. The largest absolute Gasteiger partial charge is 0.358 e. The minimum absolute atomic E-state index is 0.0370. The van der Waals surface area contributed by atoms with Crippen LogP contribution in [0.4, 0.5) is 4.79 Å². The summed E-state index contributed by atoms with van der Waals surface area (Å²) in [6.45, 7) is 1.64. The third-order valence-electron chi connectivity index (χ3n) is 3.42. The minimum Gasteiger partial charge on any atom is -0.358 e. The highest BCUT2D eigenvalue weighted by Gasteiger charge is 2.19. The summed E-state index contributed by atoms with van der Waals surface area (Å²) in [7, 11) is 1.52. The van der Waals surface area contributed by atoms with Gasteiger partial charge < -0.3 is 10.6 Å². The average Bonchev–Trinajstić information content (AvgIpc) is 2.45. The van der Waals surface area contributed by atoms with Crippen LogP contribution in [0.25, 0.3) is 0 Å². The molecule has 1 aliphatic carbocycles. The number of hydrogen-bond acceptors (Lipinski definition) is 4. The lowest BCUT2D eigenvalue weighted by atomic mass is 9.96. The molecule has 0 radical (unpaired) electrons. The molecule has 0 aromatic rings. The van der Waals surface area contributed by atoms with Crippen LogP contribution < -0.4 is 21.3 Å². The first kappa shape index (κ1) is 16.4. The van der Waals surface area contributed by atoms with Crippen molar-refractivity contribution in [3.63, 3.8) is 0 Å². The van der Waals surface area contributed by atoms with E-state index in [0.29, 0.717) is 0 Å². The normalized spacial score (nSPS) is 17.1. The van der Waals surface area contributed by atoms with Crippen LogP contribution in [0, 0.1) is 0 Å². The van der Waals surface area contributed by atoms with E-state index in [0.717, 1.165) is 25.7 Å². The molecule has 1 rings (SSSR count). The molecule has 0 spiro atoms. The number of imide groups is 1. The number of likely N-dealkylation sites (N-methyl/N-ethyl adjacent to an activating group) is 1. The zero-order chi connectivity index (χ0) is 15.0. The second-order valence-corrected chi connectivity index (χ2v) is 5.07. The molecule has 0 aliphatic heterocycles. The topological polar surface area (TPSA) is 99.3 Å². The first-order valence-corrected chi connectivity index (χ1v) is 7.08. The highest BCUT2D eigenvalue weighted by atomic mass is 16.2. The molecule has 7 nitrogen and oxygen atoms in total. The summed E-state index contributed by atoms with van der Waals surface area (Å²) in [6, 6.07) is -0.911. The molecular weight excluding hydrogens is 260 g/mol. The van der Waals surface area contributed by atoms with Gasteiger partial charge in [0.1, 0.15) is 0 Å². The fourth-order valence-electron chi connectivity index (χ4n) is 2.12. The van der Waals surface area contributed by atoms with Crippen LogP contribution in [-0.4, -0.2) is 43.5 Å². The predicted octanol–water partition coefficient (Wildman–Crippen LogP) is -0.131. The fourth-order valence-corrected chi connectivity index (χ4v) is 2.12. The van der Waals surface area contributed by atoms with E-state index in [2.05, 4.69) is 21.3 Å². The Balaban J connectivity index is 2.25. The SMILES string of the molecule is CNC(=O)CN[C@H](C)C(=O)NC(=O)NC1CCCCC1. The van der Waals surface area contributed by atoms with Crippen molar-refractivity contribution < 1.29 is 14.4 Å². The Hall–Kier alpha value is -1.63. The molecule has 0 unspecified atom stereocenters. The van der Waals surface area contributed by atoms with E-state index in [1.165, 1.54) is 13.5 Å². The highest BCUT2D eigenvalue weighted by molar-refractivity contribution is 5.97. The molecule has 20 heavy (non-hydrogen) atoms. The van der Waals surface area contributed by atoms with Gasteiger partial charge in [-0.3, -0.25) is 20.2 Å². The van der Waals surface area contributed by atoms with Gasteiger partial charge in [-0.2, -0.15) is 0 Å². The number of urea groups is 1. The Labute approximate surface area is 119 Å².